The molecule has 100 valence electrons. The maximum Gasteiger partial charge on any atom is 0.167 e. The first-order valence-corrected chi connectivity index (χ1v) is 6.80. The van der Waals surface area contributed by atoms with Crippen molar-refractivity contribution in [2.24, 2.45) is 0 Å². The second kappa shape index (κ2) is 5.07. The first kappa shape index (κ1) is 13.4. The molecule has 0 bridgehead atoms. The van der Waals surface area contributed by atoms with Gasteiger partial charge in [0.2, 0.25) is 0 Å². The smallest absolute Gasteiger partial charge is 0.167 e. The van der Waals surface area contributed by atoms with Crippen molar-refractivity contribution in [2.45, 2.75) is 0 Å². The number of rotatable bonds is 1. The van der Waals surface area contributed by atoms with Gasteiger partial charge in [0, 0.05) is 9.86 Å². The summed E-state index contributed by atoms with van der Waals surface area (Å²) in [5.41, 5.74) is 0.241. The molecule has 0 aliphatic heterocycles. The molecular weight excluding hydrogens is 350 g/mol. The molecule has 0 aliphatic carbocycles. The summed E-state index contributed by atoms with van der Waals surface area (Å²) in [5, 5.41) is 0.760. The molecule has 20 heavy (non-hydrogen) atoms. The third kappa shape index (κ3) is 2.27. The van der Waals surface area contributed by atoms with E-state index in [4.69, 9.17) is 11.6 Å². The van der Waals surface area contributed by atoms with Crippen LogP contribution in [-0.4, -0.2) is 9.97 Å². The summed E-state index contributed by atoms with van der Waals surface area (Å²) in [6.45, 7) is 0. The van der Waals surface area contributed by atoms with Crippen molar-refractivity contribution in [3.8, 4) is 11.4 Å². The van der Waals surface area contributed by atoms with Crippen molar-refractivity contribution in [3.63, 3.8) is 0 Å². The van der Waals surface area contributed by atoms with E-state index in [0.717, 1.165) is 16.6 Å². The molecular formula is C14H6BrClF2N2. The Kier molecular flexibility index (Phi) is 3.40. The minimum atomic E-state index is -0.725. The Bertz CT molecular complexity index is 803. The van der Waals surface area contributed by atoms with Crippen LogP contribution >= 0.6 is 27.5 Å². The number of hydrogen-bond acceptors (Lipinski definition) is 2. The highest BCUT2D eigenvalue weighted by Crippen LogP contribution is 2.29. The topological polar surface area (TPSA) is 25.8 Å². The average molecular weight is 356 g/mol. The molecule has 0 saturated heterocycles. The summed E-state index contributed by atoms with van der Waals surface area (Å²) in [5.74, 6) is -1.52. The van der Waals surface area contributed by atoms with Crippen LogP contribution < -0.4 is 0 Å². The standard InChI is InChI=1S/C14H6BrClF2N2/c15-7-4-5-11-8(6-7)13(16)20-14(19-11)12-9(17)2-1-3-10(12)18/h1-6H. The van der Waals surface area contributed by atoms with Crippen LogP contribution in [0.25, 0.3) is 22.3 Å². The van der Waals surface area contributed by atoms with Crippen LogP contribution in [0, 0.1) is 11.6 Å². The molecule has 6 heteroatoms. The predicted molar refractivity (Wildman–Crippen MR) is 77.6 cm³/mol. The fourth-order valence-electron chi connectivity index (χ4n) is 1.89. The van der Waals surface area contributed by atoms with E-state index in [2.05, 4.69) is 25.9 Å². The van der Waals surface area contributed by atoms with Gasteiger partial charge in [-0.2, -0.15) is 0 Å². The molecule has 1 aromatic heterocycles. The number of aromatic nitrogens is 2. The molecule has 2 aromatic carbocycles. The Hall–Kier alpha value is -1.59. The van der Waals surface area contributed by atoms with Crippen molar-refractivity contribution in [1.82, 2.24) is 9.97 Å². The number of fused-ring (bicyclic) bond motifs is 1. The SMILES string of the molecule is Fc1cccc(F)c1-c1nc(Cl)c2cc(Br)ccc2n1. The Morgan fingerprint density at radius 2 is 1.70 bits per heavy atom. The zero-order valence-electron chi connectivity index (χ0n) is 9.87. The maximum atomic E-state index is 13.8. The highest BCUT2D eigenvalue weighted by molar-refractivity contribution is 9.10. The van der Waals surface area contributed by atoms with Crippen LogP contribution in [0.1, 0.15) is 0 Å². The van der Waals surface area contributed by atoms with Gasteiger partial charge in [0.05, 0.1) is 11.1 Å². The fraction of sp³-hybridized carbons (Fsp3) is 0. The Morgan fingerprint density at radius 1 is 1.00 bits per heavy atom. The van der Waals surface area contributed by atoms with Crippen molar-refractivity contribution in [3.05, 3.63) is 57.7 Å². The van der Waals surface area contributed by atoms with Crippen LogP contribution in [0.2, 0.25) is 5.15 Å². The molecule has 0 amide bonds. The number of nitrogens with zero attached hydrogens (tertiary/aromatic N) is 2. The molecule has 1 heterocycles. The van der Waals surface area contributed by atoms with E-state index in [-0.39, 0.29) is 16.5 Å². The van der Waals surface area contributed by atoms with Crippen LogP contribution in [0.15, 0.2) is 40.9 Å². The van der Waals surface area contributed by atoms with Gasteiger partial charge in [0.15, 0.2) is 5.82 Å². The zero-order valence-corrected chi connectivity index (χ0v) is 12.2. The van der Waals surface area contributed by atoms with E-state index in [1.165, 1.54) is 6.07 Å². The van der Waals surface area contributed by atoms with Crippen molar-refractivity contribution < 1.29 is 8.78 Å². The lowest BCUT2D eigenvalue weighted by molar-refractivity contribution is 0.587. The minimum Gasteiger partial charge on any atom is -0.228 e. The minimum absolute atomic E-state index is 0.0691. The molecule has 2 nitrogen and oxygen atoms in total. The predicted octanol–water partition coefficient (Wildman–Crippen LogP) is 4.99. The lowest BCUT2D eigenvalue weighted by atomic mass is 10.1. The largest absolute Gasteiger partial charge is 0.228 e. The number of hydrogen-bond donors (Lipinski definition) is 0. The first-order valence-electron chi connectivity index (χ1n) is 5.63. The molecule has 0 radical (unpaired) electrons. The summed E-state index contributed by atoms with van der Waals surface area (Å²) in [6, 6.07) is 8.82. The van der Waals surface area contributed by atoms with Gasteiger partial charge >= 0.3 is 0 Å². The number of benzene rings is 2. The van der Waals surface area contributed by atoms with Crippen LogP contribution in [0.5, 0.6) is 0 Å². The summed E-state index contributed by atoms with van der Waals surface area (Å²) >= 11 is 9.39. The van der Waals surface area contributed by atoms with Crippen molar-refractivity contribution in [2.75, 3.05) is 0 Å². The van der Waals surface area contributed by atoms with Gasteiger partial charge in [-0.15, -0.1) is 0 Å². The van der Waals surface area contributed by atoms with Crippen LogP contribution in [-0.2, 0) is 0 Å². The molecule has 0 aliphatic rings. The van der Waals surface area contributed by atoms with Gasteiger partial charge in [0.25, 0.3) is 0 Å². The van der Waals surface area contributed by atoms with Crippen LogP contribution in [0.4, 0.5) is 8.78 Å². The van der Waals surface area contributed by atoms with E-state index in [1.54, 1.807) is 18.2 Å². The van der Waals surface area contributed by atoms with Gasteiger partial charge in [0.1, 0.15) is 16.8 Å². The summed E-state index contributed by atoms with van der Waals surface area (Å²) in [4.78, 5) is 8.16. The Labute approximate surface area is 126 Å². The molecule has 3 rings (SSSR count). The van der Waals surface area contributed by atoms with E-state index < -0.39 is 11.6 Å². The van der Waals surface area contributed by atoms with Gasteiger partial charge in [-0.05, 0) is 30.3 Å². The fourth-order valence-corrected chi connectivity index (χ4v) is 2.48. The lowest BCUT2D eigenvalue weighted by Crippen LogP contribution is -1.97. The maximum absolute atomic E-state index is 13.8. The molecule has 0 fully saturated rings. The van der Waals surface area contributed by atoms with Gasteiger partial charge in [-0.1, -0.05) is 33.6 Å². The second-order valence-corrected chi connectivity index (χ2v) is 5.37. The van der Waals surface area contributed by atoms with Crippen molar-refractivity contribution >= 4 is 38.4 Å². The molecule has 0 N–H and O–H groups in total. The van der Waals surface area contributed by atoms with E-state index in [9.17, 15) is 8.78 Å². The third-order valence-electron chi connectivity index (χ3n) is 2.80. The lowest BCUT2D eigenvalue weighted by Gasteiger charge is -2.06. The number of halogens is 4. The molecule has 0 unspecified atom stereocenters. The molecule has 3 aromatic rings. The Balaban J connectivity index is 2.31. The normalized spacial score (nSPS) is 11.0. The summed E-state index contributed by atoms with van der Waals surface area (Å²) < 4.78 is 28.3. The van der Waals surface area contributed by atoms with E-state index in [1.807, 2.05) is 0 Å². The average Bonchev–Trinajstić information content (AvgIpc) is 2.39. The van der Waals surface area contributed by atoms with Gasteiger partial charge in [-0.3, -0.25) is 0 Å². The second-order valence-electron chi connectivity index (χ2n) is 4.10. The summed E-state index contributed by atoms with van der Waals surface area (Å²) in [7, 11) is 0. The highest BCUT2D eigenvalue weighted by atomic mass is 79.9. The Morgan fingerprint density at radius 3 is 2.40 bits per heavy atom. The molecule has 0 saturated carbocycles. The van der Waals surface area contributed by atoms with E-state index >= 15 is 0 Å². The molecule has 0 atom stereocenters. The van der Waals surface area contributed by atoms with Crippen LogP contribution in [0.3, 0.4) is 0 Å². The molecule has 0 spiro atoms. The van der Waals surface area contributed by atoms with Gasteiger partial charge in [-0.25, -0.2) is 18.7 Å². The quantitative estimate of drug-likeness (QED) is 0.575. The first-order chi connectivity index (χ1) is 9.56. The van der Waals surface area contributed by atoms with Crippen molar-refractivity contribution in [1.29, 1.82) is 0 Å². The summed E-state index contributed by atoms with van der Waals surface area (Å²) in [6.07, 6.45) is 0. The third-order valence-corrected chi connectivity index (χ3v) is 3.58. The zero-order chi connectivity index (χ0) is 14.3. The monoisotopic (exact) mass is 354 g/mol. The van der Waals surface area contributed by atoms with Gasteiger partial charge < -0.3 is 0 Å². The highest BCUT2D eigenvalue weighted by Gasteiger charge is 2.16. The van der Waals surface area contributed by atoms with E-state index in [0.29, 0.717) is 10.9 Å².